The summed E-state index contributed by atoms with van der Waals surface area (Å²) in [6, 6.07) is 16.1. The fourth-order valence-electron chi connectivity index (χ4n) is 2.62. The summed E-state index contributed by atoms with van der Waals surface area (Å²) in [4.78, 5) is 2.33. The average Bonchev–Trinajstić information content (AvgIpc) is 2.82. The van der Waals surface area contributed by atoms with E-state index >= 15 is 0 Å². The van der Waals surface area contributed by atoms with Crippen molar-refractivity contribution in [1.82, 2.24) is 0 Å². The van der Waals surface area contributed by atoms with Crippen LogP contribution in [0.5, 0.6) is 0 Å². The van der Waals surface area contributed by atoms with Gasteiger partial charge in [-0.15, -0.1) is 0 Å². The number of rotatable bonds is 3. The Labute approximate surface area is 113 Å². The summed E-state index contributed by atoms with van der Waals surface area (Å²) in [5.41, 5.74) is 4.26. The maximum absolute atomic E-state index is 9.20. The van der Waals surface area contributed by atoms with Crippen molar-refractivity contribution in [3.63, 3.8) is 0 Å². The molecule has 0 radical (unpaired) electrons. The minimum Gasteiger partial charge on any atom is -0.423 e. The van der Waals surface area contributed by atoms with Crippen LogP contribution in [0.2, 0.25) is 0 Å². The molecule has 0 unspecified atom stereocenters. The van der Waals surface area contributed by atoms with Crippen LogP contribution in [0.25, 0.3) is 0 Å². The van der Waals surface area contributed by atoms with Crippen LogP contribution in [-0.2, 0) is 13.0 Å². The molecule has 0 aliphatic carbocycles. The highest BCUT2D eigenvalue weighted by atomic mass is 16.4. The predicted octanol–water partition coefficient (Wildman–Crippen LogP) is 0.929. The first-order valence-electron chi connectivity index (χ1n) is 6.52. The molecule has 19 heavy (non-hydrogen) atoms. The van der Waals surface area contributed by atoms with Crippen molar-refractivity contribution in [3.8, 4) is 0 Å². The maximum Gasteiger partial charge on any atom is 0.488 e. The zero-order chi connectivity index (χ0) is 13.2. The van der Waals surface area contributed by atoms with Gasteiger partial charge in [0, 0.05) is 18.8 Å². The summed E-state index contributed by atoms with van der Waals surface area (Å²) in [6.07, 6.45) is 0.961. The highest BCUT2D eigenvalue weighted by Crippen LogP contribution is 2.28. The third-order valence-electron chi connectivity index (χ3n) is 3.61. The summed E-state index contributed by atoms with van der Waals surface area (Å²) in [5.74, 6) is 0. The molecule has 2 aromatic carbocycles. The van der Waals surface area contributed by atoms with Crippen molar-refractivity contribution in [2.45, 2.75) is 13.0 Å². The highest BCUT2D eigenvalue weighted by molar-refractivity contribution is 6.58. The summed E-state index contributed by atoms with van der Waals surface area (Å²) in [7, 11) is -1.38. The summed E-state index contributed by atoms with van der Waals surface area (Å²) in [6.45, 7) is 1.88. The topological polar surface area (TPSA) is 43.7 Å². The molecule has 0 amide bonds. The summed E-state index contributed by atoms with van der Waals surface area (Å²) in [5, 5.41) is 18.4. The van der Waals surface area contributed by atoms with Gasteiger partial charge in [0.1, 0.15) is 0 Å². The Morgan fingerprint density at radius 1 is 1.05 bits per heavy atom. The molecule has 0 fully saturated rings. The van der Waals surface area contributed by atoms with Gasteiger partial charge in [-0.2, -0.15) is 0 Å². The molecule has 0 aromatic heterocycles. The van der Waals surface area contributed by atoms with E-state index in [1.54, 1.807) is 6.07 Å². The van der Waals surface area contributed by atoms with Gasteiger partial charge in [-0.25, -0.2) is 0 Å². The second kappa shape index (κ2) is 5.07. The molecule has 2 N–H and O–H groups in total. The lowest BCUT2D eigenvalue weighted by atomic mass is 9.79. The van der Waals surface area contributed by atoms with Crippen LogP contribution in [0.1, 0.15) is 11.1 Å². The van der Waals surface area contributed by atoms with Crippen LogP contribution in [0.15, 0.2) is 48.5 Å². The Balaban J connectivity index is 1.83. The molecule has 1 heterocycles. The number of benzene rings is 2. The molecule has 3 nitrogen and oxygen atoms in total. The molecular weight excluding hydrogens is 237 g/mol. The first kappa shape index (κ1) is 12.3. The van der Waals surface area contributed by atoms with Gasteiger partial charge in [0.2, 0.25) is 0 Å². The standard InChI is InChI=1S/C15H16BNO2/c18-16(19)14-6-7-15-13(10-14)8-9-17(15)11-12-4-2-1-3-5-12/h1-7,10,18-19H,8-9,11H2. The Bertz CT molecular complexity index is 572. The number of fused-ring (bicyclic) bond motifs is 1. The maximum atomic E-state index is 9.20. The first-order chi connectivity index (χ1) is 9.24. The fourth-order valence-corrected chi connectivity index (χ4v) is 2.62. The van der Waals surface area contributed by atoms with E-state index in [1.807, 2.05) is 18.2 Å². The zero-order valence-electron chi connectivity index (χ0n) is 10.7. The monoisotopic (exact) mass is 253 g/mol. The Hall–Kier alpha value is -1.78. The predicted molar refractivity (Wildman–Crippen MR) is 77.5 cm³/mol. The Kier molecular flexibility index (Phi) is 3.28. The van der Waals surface area contributed by atoms with E-state index in [9.17, 15) is 10.0 Å². The van der Waals surface area contributed by atoms with Gasteiger partial charge in [0.05, 0.1) is 0 Å². The van der Waals surface area contributed by atoms with Gasteiger partial charge in [-0.1, -0.05) is 42.5 Å². The number of anilines is 1. The van der Waals surface area contributed by atoms with Crippen LogP contribution in [0, 0.1) is 0 Å². The van der Waals surface area contributed by atoms with Crippen LogP contribution in [0.3, 0.4) is 0 Å². The van der Waals surface area contributed by atoms with Crippen molar-refractivity contribution in [3.05, 3.63) is 59.7 Å². The smallest absolute Gasteiger partial charge is 0.423 e. The molecule has 0 saturated carbocycles. The van der Waals surface area contributed by atoms with Crippen molar-refractivity contribution in [2.24, 2.45) is 0 Å². The summed E-state index contributed by atoms with van der Waals surface area (Å²) < 4.78 is 0. The highest BCUT2D eigenvalue weighted by Gasteiger charge is 2.21. The van der Waals surface area contributed by atoms with Crippen LogP contribution >= 0.6 is 0 Å². The third-order valence-corrected chi connectivity index (χ3v) is 3.61. The molecule has 1 aliphatic heterocycles. The Morgan fingerprint density at radius 3 is 2.58 bits per heavy atom. The van der Waals surface area contributed by atoms with E-state index < -0.39 is 7.12 Å². The van der Waals surface area contributed by atoms with Gasteiger partial charge in [-0.3, -0.25) is 0 Å². The minimum atomic E-state index is -1.38. The largest absolute Gasteiger partial charge is 0.488 e. The molecular formula is C15H16BNO2. The normalized spacial score (nSPS) is 13.5. The van der Waals surface area contributed by atoms with E-state index in [2.05, 4.69) is 29.2 Å². The van der Waals surface area contributed by atoms with E-state index in [-0.39, 0.29) is 0 Å². The van der Waals surface area contributed by atoms with Gasteiger partial charge in [0.15, 0.2) is 0 Å². The van der Waals surface area contributed by atoms with Crippen LogP contribution in [-0.4, -0.2) is 23.7 Å². The quantitative estimate of drug-likeness (QED) is 0.800. The molecule has 2 aromatic rings. The van der Waals surface area contributed by atoms with Crippen molar-refractivity contribution in [2.75, 3.05) is 11.4 Å². The minimum absolute atomic E-state index is 0.570. The van der Waals surface area contributed by atoms with E-state index in [0.29, 0.717) is 5.46 Å². The van der Waals surface area contributed by atoms with Gasteiger partial charge >= 0.3 is 7.12 Å². The zero-order valence-corrected chi connectivity index (χ0v) is 10.7. The SMILES string of the molecule is OB(O)c1ccc2c(c1)CCN2Cc1ccccc1. The van der Waals surface area contributed by atoms with Crippen molar-refractivity contribution < 1.29 is 10.0 Å². The van der Waals surface area contributed by atoms with Gasteiger partial charge in [-0.05, 0) is 29.1 Å². The molecule has 0 spiro atoms. The first-order valence-corrected chi connectivity index (χ1v) is 6.52. The van der Waals surface area contributed by atoms with E-state index in [1.165, 1.54) is 16.8 Å². The molecule has 4 heteroatoms. The number of hydrogen-bond donors (Lipinski definition) is 2. The third kappa shape index (κ3) is 2.50. The fraction of sp³-hybridized carbons (Fsp3) is 0.200. The van der Waals surface area contributed by atoms with Gasteiger partial charge < -0.3 is 14.9 Å². The molecule has 3 rings (SSSR count). The van der Waals surface area contributed by atoms with Gasteiger partial charge in [0.25, 0.3) is 0 Å². The second-order valence-electron chi connectivity index (χ2n) is 4.92. The van der Waals surface area contributed by atoms with Crippen LogP contribution in [0.4, 0.5) is 5.69 Å². The molecule has 0 atom stereocenters. The number of nitrogens with zero attached hydrogens (tertiary/aromatic N) is 1. The van der Waals surface area contributed by atoms with Crippen molar-refractivity contribution in [1.29, 1.82) is 0 Å². The molecule has 96 valence electrons. The molecule has 1 aliphatic rings. The lowest BCUT2D eigenvalue weighted by Crippen LogP contribution is -2.30. The molecule has 0 bridgehead atoms. The Morgan fingerprint density at radius 2 is 1.84 bits per heavy atom. The lowest BCUT2D eigenvalue weighted by molar-refractivity contribution is 0.426. The van der Waals surface area contributed by atoms with Crippen LogP contribution < -0.4 is 10.4 Å². The van der Waals surface area contributed by atoms with E-state index in [4.69, 9.17) is 0 Å². The lowest BCUT2D eigenvalue weighted by Gasteiger charge is -2.19. The number of hydrogen-bond acceptors (Lipinski definition) is 3. The second-order valence-corrected chi connectivity index (χ2v) is 4.92. The summed E-state index contributed by atoms with van der Waals surface area (Å²) >= 11 is 0. The molecule has 0 saturated heterocycles. The average molecular weight is 253 g/mol. The van der Waals surface area contributed by atoms with Crippen molar-refractivity contribution >= 4 is 18.3 Å². The van der Waals surface area contributed by atoms with E-state index in [0.717, 1.165) is 19.5 Å².